The van der Waals surface area contributed by atoms with Crippen LogP contribution in [-0.4, -0.2) is 16.5 Å². The van der Waals surface area contributed by atoms with Crippen molar-refractivity contribution in [2.75, 3.05) is 6.54 Å². The van der Waals surface area contributed by atoms with Crippen LogP contribution in [0.5, 0.6) is 0 Å². The van der Waals surface area contributed by atoms with Crippen molar-refractivity contribution in [3.63, 3.8) is 0 Å². The number of hydrogen-bond acceptors (Lipinski definition) is 3. The van der Waals surface area contributed by atoms with E-state index in [0.717, 1.165) is 17.0 Å². The van der Waals surface area contributed by atoms with Gasteiger partial charge in [-0.3, -0.25) is 9.97 Å². The van der Waals surface area contributed by atoms with Crippen LogP contribution in [-0.2, 0) is 6.42 Å². The van der Waals surface area contributed by atoms with E-state index in [0.29, 0.717) is 13.0 Å². The molecule has 0 aliphatic carbocycles. The van der Waals surface area contributed by atoms with Gasteiger partial charge in [0, 0.05) is 18.4 Å². The molecule has 0 aliphatic heterocycles. The SMILES string of the molecule is Cc1nccnc1C(C)NCCc1ccccc1F. The van der Waals surface area contributed by atoms with Crippen molar-refractivity contribution in [3.05, 3.63) is 59.4 Å². The lowest BCUT2D eigenvalue weighted by molar-refractivity contribution is 0.546. The lowest BCUT2D eigenvalue weighted by Crippen LogP contribution is -2.23. The molecule has 2 aromatic rings. The molecule has 1 N–H and O–H groups in total. The first-order valence-corrected chi connectivity index (χ1v) is 6.43. The Morgan fingerprint density at radius 3 is 2.68 bits per heavy atom. The number of benzene rings is 1. The molecule has 4 heteroatoms. The molecular formula is C15H18FN3. The van der Waals surface area contributed by atoms with Gasteiger partial charge >= 0.3 is 0 Å². The molecule has 1 aromatic heterocycles. The van der Waals surface area contributed by atoms with Crippen molar-refractivity contribution in [2.24, 2.45) is 0 Å². The maximum Gasteiger partial charge on any atom is 0.126 e. The summed E-state index contributed by atoms with van der Waals surface area (Å²) in [5.74, 6) is -0.146. The lowest BCUT2D eigenvalue weighted by atomic mass is 10.1. The van der Waals surface area contributed by atoms with Gasteiger partial charge < -0.3 is 5.32 Å². The molecule has 0 saturated heterocycles. The fourth-order valence-electron chi connectivity index (χ4n) is 2.06. The summed E-state index contributed by atoms with van der Waals surface area (Å²) < 4.78 is 13.5. The number of aryl methyl sites for hydroxylation is 1. The summed E-state index contributed by atoms with van der Waals surface area (Å²) >= 11 is 0. The molecule has 19 heavy (non-hydrogen) atoms. The first-order valence-electron chi connectivity index (χ1n) is 6.43. The van der Waals surface area contributed by atoms with E-state index < -0.39 is 0 Å². The number of nitrogens with one attached hydrogen (secondary N) is 1. The average molecular weight is 259 g/mol. The molecule has 0 radical (unpaired) electrons. The van der Waals surface area contributed by atoms with Crippen LogP contribution in [0, 0.1) is 12.7 Å². The Morgan fingerprint density at radius 2 is 1.95 bits per heavy atom. The van der Waals surface area contributed by atoms with E-state index in [1.807, 2.05) is 26.0 Å². The predicted molar refractivity (Wildman–Crippen MR) is 73.3 cm³/mol. The fourth-order valence-corrected chi connectivity index (χ4v) is 2.06. The number of hydrogen-bond donors (Lipinski definition) is 1. The smallest absolute Gasteiger partial charge is 0.126 e. The van der Waals surface area contributed by atoms with Gasteiger partial charge in [0.1, 0.15) is 5.82 Å². The van der Waals surface area contributed by atoms with Crippen molar-refractivity contribution in [1.82, 2.24) is 15.3 Å². The number of nitrogens with zero attached hydrogens (tertiary/aromatic N) is 2. The highest BCUT2D eigenvalue weighted by atomic mass is 19.1. The van der Waals surface area contributed by atoms with Crippen LogP contribution in [0.3, 0.4) is 0 Å². The fraction of sp³-hybridized carbons (Fsp3) is 0.333. The predicted octanol–water partition coefficient (Wildman–Crippen LogP) is 2.82. The minimum atomic E-state index is -0.146. The second-order valence-corrected chi connectivity index (χ2v) is 4.54. The van der Waals surface area contributed by atoms with Gasteiger partial charge in [0.25, 0.3) is 0 Å². The van der Waals surface area contributed by atoms with E-state index in [9.17, 15) is 4.39 Å². The van der Waals surface area contributed by atoms with Crippen molar-refractivity contribution in [2.45, 2.75) is 26.3 Å². The van der Waals surface area contributed by atoms with Gasteiger partial charge in [-0.05, 0) is 38.4 Å². The van der Waals surface area contributed by atoms with E-state index in [1.54, 1.807) is 18.5 Å². The van der Waals surface area contributed by atoms with Crippen LogP contribution in [0.15, 0.2) is 36.7 Å². The van der Waals surface area contributed by atoms with Gasteiger partial charge in [-0.15, -0.1) is 0 Å². The first kappa shape index (κ1) is 13.6. The maximum atomic E-state index is 13.5. The van der Waals surface area contributed by atoms with Crippen LogP contribution in [0.1, 0.15) is 29.9 Å². The second kappa shape index (κ2) is 6.38. The third-order valence-corrected chi connectivity index (χ3v) is 3.13. The topological polar surface area (TPSA) is 37.8 Å². The minimum Gasteiger partial charge on any atom is -0.308 e. The van der Waals surface area contributed by atoms with E-state index in [4.69, 9.17) is 0 Å². The Bertz CT molecular complexity index is 542. The molecule has 0 aliphatic rings. The summed E-state index contributed by atoms with van der Waals surface area (Å²) in [4.78, 5) is 8.54. The molecule has 1 unspecified atom stereocenters. The Kier molecular flexibility index (Phi) is 4.58. The Balaban J connectivity index is 1.90. The standard InChI is InChI=1S/C15H18FN3/c1-11(15-12(2)18-9-10-19-15)17-8-7-13-5-3-4-6-14(13)16/h3-6,9-11,17H,7-8H2,1-2H3. The van der Waals surface area contributed by atoms with E-state index in [1.165, 1.54) is 6.07 Å². The third kappa shape index (κ3) is 3.58. The van der Waals surface area contributed by atoms with Gasteiger partial charge in [0.2, 0.25) is 0 Å². The number of rotatable bonds is 5. The molecule has 1 aromatic carbocycles. The Hall–Kier alpha value is -1.81. The van der Waals surface area contributed by atoms with Gasteiger partial charge in [0.05, 0.1) is 11.4 Å². The molecule has 0 amide bonds. The van der Waals surface area contributed by atoms with Crippen LogP contribution in [0.2, 0.25) is 0 Å². The molecule has 1 heterocycles. The summed E-state index contributed by atoms with van der Waals surface area (Å²) in [5.41, 5.74) is 2.60. The largest absolute Gasteiger partial charge is 0.308 e. The van der Waals surface area contributed by atoms with Crippen LogP contribution in [0.4, 0.5) is 4.39 Å². The molecule has 1 atom stereocenters. The van der Waals surface area contributed by atoms with Gasteiger partial charge in [-0.1, -0.05) is 18.2 Å². The quantitative estimate of drug-likeness (QED) is 0.897. The summed E-state index contributed by atoms with van der Waals surface area (Å²) in [6.45, 7) is 4.69. The van der Waals surface area contributed by atoms with E-state index >= 15 is 0 Å². The highest BCUT2D eigenvalue weighted by molar-refractivity contribution is 5.18. The lowest BCUT2D eigenvalue weighted by Gasteiger charge is -2.14. The zero-order valence-electron chi connectivity index (χ0n) is 11.2. The normalized spacial score (nSPS) is 12.4. The summed E-state index contributed by atoms with van der Waals surface area (Å²) in [6, 6.07) is 6.98. The van der Waals surface area contributed by atoms with Crippen molar-refractivity contribution < 1.29 is 4.39 Å². The third-order valence-electron chi connectivity index (χ3n) is 3.13. The van der Waals surface area contributed by atoms with Gasteiger partial charge in [-0.2, -0.15) is 0 Å². The molecule has 2 rings (SSSR count). The average Bonchev–Trinajstić information content (AvgIpc) is 2.41. The molecule has 3 nitrogen and oxygen atoms in total. The molecule has 100 valence electrons. The highest BCUT2D eigenvalue weighted by Crippen LogP contribution is 2.12. The summed E-state index contributed by atoms with van der Waals surface area (Å²) in [7, 11) is 0. The monoisotopic (exact) mass is 259 g/mol. The number of halogens is 1. The summed E-state index contributed by atoms with van der Waals surface area (Å²) in [5, 5.41) is 3.35. The van der Waals surface area contributed by atoms with Gasteiger partial charge in [0.15, 0.2) is 0 Å². The Labute approximate surface area is 112 Å². The zero-order valence-corrected chi connectivity index (χ0v) is 11.2. The highest BCUT2D eigenvalue weighted by Gasteiger charge is 2.09. The molecule has 0 saturated carbocycles. The number of aromatic nitrogens is 2. The van der Waals surface area contributed by atoms with Crippen LogP contribution < -0.4 is 5.32 Å². The van der Waals surface area contributed by atoms with Crippen molar-refractivity contribution in [3.8, 4) is 0 Å². The van der Waals surface area contributed by atoms with E-state index in [2.05, 4.69) is 15.3 Å². The van der Waals surface area contributed by atoms with Crippen molar-refractivity contribution in [1.29, 1.82) is 0 Å². The molecule has 0 bridgehead atoms. The first-order chi connectivity index (χ1) is 9.18. The molecule has 0 spiro atoms. The zero-order chi connectivity index (χ0) is 13.7. The second-order valence-electron chi connectivity index (χ2n) is 4.54. The Morgan fingerprint density at radius 1 is 1.21 bits per heavy atom. The minimum absolute atomic E-state index is 0.112. The van der Waals surface area contributed by atoms with Gasteiger partial charge in [-0.25, -0.2) is 4.39 Å². The van der Waals surface area contributed by atoms with E-state index in [-0.39, 0.29) is 11.9 Å². The molecule has 0 fully saturated rings. The summed E-state index contributed by atoms with van der Waals surface area (Å²) in [6.07, 6.45) is 4.04. The van der Waals surface area contributed by atoms with Crippen LogP contribution in [0.25, 0.3) is 0 Å². The molecular weight excluding hydrogens is 241 g/mol. The van der Waals surface area contributed by atoms with Crippen LogP contribution >= 0.6 is 0 Å². The van der Waals surface area contributed by atoms with Crippen molar-refractivity contribution >= 4 is 0 Å². The maximum absolute atomic E-state index is 13.5.